The second-order valence-corrected chi connectivity index (χ2v) is 5.65. The van der Waals surface area contributed by atoms with Crippen LogP contribution in [0, 0.1) is 0 Å². The van der Waals surface area contributed by atoms with Gasteiger partial charge in [0, 0.05) is 32.7 Å². The summed E-state index contributed by atoms with van der Waals surface area (Å²) < 4.78 is 11.0. The first-order valence-electron chi connectivity index (χ1n) is 8.22. The SMILES string of the molecule is CC=Cc1ccc(OCC(=O)N2CCN(CCO)CC2)c(OC)c1. The molecule has 1 saturated heterocycles. The fourth-order valence-electron chi connectivity index (χ4n) is 2.69. The first kappa shape index (κ1) is 18.3. The summed E-state index contributed by atoms with van der Waals surface area (Å²) in [5, 5.41) is 8.95. The highest BCUT2D eigenvalue weighted by molar-refractivity contribution is 5.78. The van der Waals surface area contributed by atoms with Gasteiger partial charge in [0.15, 0.2) is 18.1 Å². The van der Waals surface area contributed by atoms with Crippen molar-refractivity contribution in [3.8, 4) is 11.5 Å². The van der Waals surface area contributed by atoms with Crippen LogP contribution in [0.2, 0.25) is 0 Å². The molecule has 6 heteroatoms. The van der Waals surface area contributed by atoms with Crippen molar-refractivity contribution in [2.75, 3.05) is 53.0 Å². The molecule has 0 atom stereocenters. The van der Waals surface area contributed by atoms with Crippen molar-refractivity contribution in [1.29, 1.82) is 0 Å². The number of amides is 1. The number of aliphatic hydroxyl groups excluding tert-OH is 1. The van der Waals surface area contributed by atoms with Crippen molar-refractivity contribution in [3.63, 3.8) is 0 Å². The Balaban J connectivity index is 1.88. The van der Waals surface area contributed by atoms with Crippen molar-refractivity contribution < 1.29 is 19.4 Å². The summed E-state index contributed by atoms with van der Waals surface area (Å²) in [5.41, 5.74) is 1.02. The number of ether oxygens (including phenoxy) is 2. The average molecular weight is 334 g/mol. The molecule has 0 saturated carbocycles. The summed E-state index contributed by atoms with van der Waals surface area (Å²) in [6, 6.07) is 5.63. The topological polar surface area (TPSA) is 62.2 Å². The Bertz CT molecular complexity index is 566. The van der Waals surface area contributed by atoms with Crippen LogP contribution in [0.5, 0.6) is 11.5 Å². The molecule has 1 aromatic carbocycles. The number of hydrogen-bond donors (Lipinski definition) is 1. The predicted molar refractivity (Wildman–Crippen MR) is 93.3 cm³/mol. The lowest BCUT2D eigenvalue weighted by Crippen LogP contribution is -2.50. The standard InChI is InChI=1S/C18H26N2O4/c1-3-4-15-5-6-16(17(13-15)23-2)24-14-18(22)20-9-7-19(8-10-20)11-12-21/h3-6,13,21H,7-12,14H2,1-2H3. The van der Waals surface area contributed by atoms with E-state index in [1.807, 2.05) is 37.3 Å². The molecule has 6 nitrogen and oxygen atoms in total. The van der Waals surface area contributed by atoms with E-state index in [9.17, 15) is 4.79 Å². The number of methoxy groups -OCH3 is 1. The van der Waals surface area contributed by atoms with Gasteiger partial charge >= 0.3 is 0 Å². The van der Waals surface area contributed by atoms with Gasteiger partial charge in [0.05, 0.1) is 13.7 Å². The molecule has 0 bridgehead atoms. The molecule has 24 heavy (non-hydrogen) atoms. The third kappa shape index (κ3) is 4.97. The van der Waals surface area contributed by atoms with Crippen LogP contribution >= 0.6 is 0 Å². The Morgan fingerprint density at radius 1 is 1.25 bits per heavy atom. The molecule has 1 fully saturated rings. The zero-order valence-corrected chi connectivity index (χ0v) is 14.4. The predicted octanol–water partition coefficient (Wildman–Crippen LogP) is 1.24. The van der Waals surface area contributed by atoms with E-state index in [0.29, 0.717) is 31.1 Å². The molecule has 1 aliphatic rings. The number of piperazine rings is 1. The van der Waals surface area contributed by atoms with Gasteiger partial charge in [0.25, 0.3) is 5.91 Å². The summed E-state index contributed by atoms with van der Waals surface area (Å²) in [4.78, 5) is 16.2. The zero-order valence-electron chi connectivity index (χ0n) is 14.4. The lowest BCUT2D eigenvalue weighted by Gasteiger charge is -2.34. The van der Waals surface area contributed by atoms with Crippen LogP contribution in [0.25, 0.3) is 6.08 Å². The van der Waals surface area contributed by atoms with Crippen LogP contribution in [0.3, 0.4) is 0 Å². The minimum Gasteiger partial charge on any atom is -0.493 e. The fourth-order valence-corrected chi connectivity index (χ4v) is 2.69. The summed E-state index contributed by atoms with van der Waals surface area (Å²) >= 11 is 0. The van der Waals surface area contributed by atoms with Crippen molar-refractivity contribution in [2.24, 2.45) is 0 Å². The Morgan fingerprint density at radius 3 is 2.62 bits per heavy atom. The first-order chi connectivity index (χ1) is 11.7. The summed E-state index contributed by atoms with van der Waals surface area (Å²) in [6.45, 7) is 5.67. The number of aliphatic hydroxyl groups is 1. The van der Waals surface area contributed by atoms with E-state index in [-0.39, 0.29) is 19.1 Å². The lowest BCUT2D eigenvalue weighted by atomic mass is 10.2. The maximum absolute atomic E-state index is 12.3. The quantitative estimate of drug-likeness (QED) is 0.813. The molecule has 1 N–H and O–H groups in total. The minimum atomic E-state index is -0.0294. The van der Waals surface area contributed by atoms with Crippen LogP contribution in [-0.4, -0.2) is 73.9 Å². The number of allylic oxidation sites excluding steroid dienone is 1. The van der Waals surface area contributed by atoms with E-state index < -0.39 is 0 Å². The molecule has 1 amide bonds. The Morgan fingerprint density at radius 2 is 2.00 bits per heavy atom. The largest absolute Gasteiger partial charge is 0.493 e. The monoisotopic (exact) mass is 334 g/mol. The van der Waals surface area contributed by atoms with Gasteiger partial charge < -0.3 is 19.5 Å². The highest BCUT2D eigenvalue weighted by Gasteiger charge is 2.21. The summed E-state index contributed by atoms with van der Waals surface area (Å²) in [7, 11) is 1.59. The fraction of sp³-hybridized carbons (Fsp3) is 0.500. The molecule has 132 valence electrons. The van der Waals surface area contributed by atoms with Gasteiger partial charge in [-0.05, 0) is 24.6 Å². The van der Waals surface area contributed by atoms with Gasteiger partial charge in [0.2, 0.25) is 0 Å². The molecule has 2 rings (SSSR count). The first-order valence-corrected chi connectivity index (χ1v) is 8.22. The number of rotatable bonds is 7. The normalized spacial score (nSPS) is 15.7. The number of carbonyl (C=O) groups excluding carboxylic acids is 1. The third-order valence-corrected chi connectivity index (χ3v) is 4.04. The molecule has 0 spiro atoms. The lowest BCUT2D eigenvalue weighted by molar-refractivity contribution is -0.135. The van der Waals surface area contributed by atoms with E-state index in [1.165, 1.54) is 0 Å². The molecular weight excluding hydrogens is 308 g/mol. The van der Waals surface area contributed by atoms with Gasteiger partial charge in [-0.3, -0.25) is 9.69 Å². The van der Waals surface area contributed by atoms with E-state index in [4.69, 9.17) is 14.6 Å². The second-order valence-electron chi connectivity index (χ2n) is 5.65. The number of benzene rings is 1. The van der Waals surface area contributed by atoms with Gasteiger partial charge in [-0.25, -0.2) is 0 Å². The van der Waals surface area contributed by atoms with Crippen LogP contribution in [-0.2, 0) is 4.79 Å². The maximum Gasteiger partial charge on any atom is 0.260 e. The maximum atomic E-state index is 12.3. The number of β-amino-alcohol motifs (C(OH)–C–C–N with tert-alkyl or cyclic N) is 1. The molecule has 0 aromatic heterocycles. The minimum absolute atomic E-state index is 0.000671. The van der Waals surface area contributed by atoms with Crippen LogP contribution in [0.1, 0.15) is 12.5 Å². The molecule has 1 heterocycles. The molecule has 0 radical (unpaired) electrons. The Labute approximate surface area is 143 Å². The number of nitrogens with zero attached hydrogens (tertiary/aromatic N) is 2. The van der Waals surface area contributed by atoms with E-state index >= 15 is 0 Å². The Hall–Kier alpha value is -2.05. The van der Waals surface area contributed by atoms with Gasteiger partial charge in [-0.1, -0.05) is 18.2 Å². The second kappa shape index (κ2) is 9.30. The van der Waals surface area contributed by atoms with Crippen LogP contribution in [0.4, 0.5) is 0 Å². The van der Waals surface area contributed by atoms with Crippen molar-refractivity contribution >= 4 is 12.0 Å². The van der Waals surface area contributed by atoms with Crippen molar-refractivity contribution in [2.45, 2.75) is 6.92 Å². The number of hydrogen-bond acceptors (Lipinski definition) is 5. The molecule has 1 aromatic rings. The van der Waals surface area contributed by atoms with Crippen LogP contribution < -0.4 is 9.47 Å². The van der Waals surface area contributed by atoms with E-state index in [1.54, 1.807) is 12.0 Å². The van der Waals surface area contributed by atoms with Gasteiger partial charge in [-0.15, -0.1) is 0 Å². The highest BCUT2D eigenvalue weighted by atomic mass is 16.5. The average Bonchev–Trinajstić information content (AvgIpc) is 2.61. The zero-order chi connectivity index (χ0) is 17.4. The molecule has 0 unspecified atom stereocenters. The van der Waals surface area contributed by atoms with Gasteiger partial charge in [-0.2, -0.15) is 0 Å². The van der Waals surface area contributed by atoms with Crippen LogP contribution in [0.15, 0.2) is 24.3 Å². The molecule has 1 aliphatic heterocycles. The highest BCUT2D eigenvalue weighted by Crippen LogP contribution is 2.28. The van der Waals surface area contributed by atoms with E-state index in [2.05, 4.69) is 4.90 Å². The summed E-state index contributed by atoms with van der Waals surface area (Å²) in [5.74, 6) is 1.16. The third-order valence-electron chi connectivity index (χ3n) is 4.04. The van der Waals surface area contributed by atoms with Crippen molar-refractivity contribution in [3.05, 3.63) is 29.8 Å². The van der Waals surface area contributed by atoms with E-state index in [0.717, 1.165) is 18.7 Å². The summed E-state index contributed by atoms with van der Waals surface area (Å²) in [6.07, 6.45) is 3.93. The smallest absolute Gasteiger partial charge is 0.260 e. The molecule has 0 aliphatic carbocycles. The number of carbonyl (C=O) groups is 1. The molecular formula is C18H26N2O4. The van der Waals surface area contributed by atoms with Gasteiger partial charge in [0.1, 0.15) is 0 Å². The van der Waals surface area contributed by atoms with Crippen molar-refractivity contribution in [1.82, 2.24) is 9.80 Å². The Kier molecular flexibility index (Phi) is 7.08.